The number of imidazole rings is 1. The van der Waals surface area contributed by atoms with E-state index in [1.54, 1.807) is 10.6 Å². The summed E-state index contributed by atoms with van der Waals surface area (Å²) in [6, 6.07) is 17.2. The van der Waals surface area contributed by atoms with Gasteiger partial charge >= 0.3 is 0 Å². The van der Waals surface area contributed by atoms with Gasteiger partial charge in [0.1, 0.15) is 0 Å². The Morgan fingerprint density at radius 3 is 2.59 bits per heavy atom. The van der Waals surface area contributed by atoms with Gasteiger partial charge in [-0.3, -0.25) is 4.79 Å². The van der Waals surface area contributed by atoms with Crippen molar-refractivity contribution in [3.05, 3.63) is 72.1 Å². The first-order valence-corrected chi connectivity index (χ1v) is 7.13. The van der Waals surface area contributed by atoms with Crippen molar-refractivity contribution in [3.63, 3.8) is 0 Å². The first-order chi connectivity index (χ1) is 10.8. The molecule has 0 atom stereocenters. The molecule has 110 valence electrons. The molecule has 0 aliphatic carbocycles. The van der Waals surface area contributed by atoms with Crippen molar-refractivity contribution in [2.45, 2.75) is 6.54 Å². The smallest absolute Gasteiger partial charge is 0.221 e. The summed E-state index contributed by atoms with van der Waals surface area (Å²) in [5, 5.41) is 9.23. The molecule has 1 aromatic heterocycles. The lowest BCUT2D eigenvalue weighted by Crippen LogP contribution is -2.11. The third-order valence-electron chi connectivity index (χ3n) is 3.43. The van der Waals surface area contributed by atoms with Crippen LogP contribution in [-0.4, -0.2) is 27.0 Å². The highest BCUT2D eigenvalue weighted by atomic mass is 16.3. The normalized spacial score (nSPS) is 11.3. The van der Waals surface area contributed by atoms with Gasteiger partial charge in [-0.2, -0.15) is 0 Å². The van der Waals surface area contributed by atoms with Crippen molar-refractivity contribution in [2.75, 3.05) is 6.61 Å². The molecular formula is C18H16N2O2. The fourth-order valence-corrected chi connectivity index (χ4v) is 2.40. The molecule has 0 aliphatic heterocycles. The zero-order valence-electron chi connectivity index (χ0n) is 12.0. The van der Waals surface area contributed by atoms with Gasteiger partial charge in [0, 0.05) is 6.54 Å². The number of benzene rings is 2. The van der Waals surface area contributed by atoms with Gasteiger partial charge in [-0.25, -0.2) is 4.98 Å². The summed E-state index contributed by atoms with van der Waals surface area (Å²) in [4.78, 5) is 16.8. The molecule has 1 N–H and O–H groups in total. The topological polar surface area (TPSA) is 55.1 Å². The van der Waals surface area contributed by atoms with Crippen molar-refractivity contribution in [2.24, 2.45) is 0 Å². The number of para-hydroxylation sites is 2. The van der Waals surface area contributed by atoms with Crippen LogP contribution in [-0.2, 0) is 6.54 Å². The quantitative estimate of drug-likeness (QED) is 0.581. The van der Waals surface area contributed by atoms with Crippen molar-refractivity contribution in [1.82, 2.24) is 9.55 Å². The number of aliphatic hydroxyl groups is 1. The Balaban J connectivity index is 1.96. The molecule has 3 rings (SSSR count). The van der Waals surface area contributed by atoms with E-state index in [0.29, 0.717) is 12.4 Å². The molecule has 4 nitrogen and oxygen atoms in total. The van der Waals surface area contributed by atoms with Crippen LogP contribution in [0.2, 0.25) is 0 Å². The summed E-state index contributed by atoms with van der Waals surface area (Å²) in [6.45, 7) is 0.309. The van der Waals surface area contributed by atoms with Gasteiger partial charge < -0.3 is 9.67 Å². The Kier molecular flexibility index (Phi) is 4.12. The Labute approximate surface area is 128 Å². The van der Waals surface area contributed by atoms with Crippen molar-refractivity contribution in [3.8, 4) is 0 Å². The molecule has 0 fully saturated rings. The van der Waals surface area contributed by atoms with Crippen LogP contribution in [0.3, 0.4) is 0 Å². The summed E-state index contributed by atoms with van der Waals surface area (Å²) in [7, 11) is 0. The first-order valence-electron chi connectivity index (χ1n) is 7.13. The summed E-state index contributed by atoms with van der Waals surface area (Å²) in [6.07, 6.45) is 3.29. The lowest BCUT2D eigenvalue weighted by molar-refractivity contribution is 0.103. The van der Waals surface area contributed by atoms with E-state index in [9.17, 15) is 9.90 Å². The van der Waals surface area contributed by atoms with Crippen LogP contribution in [0.25, 0.3) is 17.1 Å². The minimum Gasteiger partial charge on any atom is -0.395 e. The summed E-state index contributed by atoms with van der Waals surface area (Å²) in [5.41, 5.74) is 2.57. The highest BCUT2D eigenvalue weighted by Crippen LogP contribution is 2.17. The zero-order chi connectivity index (χ0) is 15.4. The number of hydrogen-bond donors (Lipinski definition) is 1. The molecule has 1 heterocycles. The van der Waals surface area contributed by atoms with Gasteiger partial charge in [0.2, 0.25) is 5.78 Å². The fraction of sp³-hybridized carbons (Fsp3) is 0.111. The number of hydrogen-bond acceptors (Lipinski definition) is 3. The van der Waals surface area contributed by atoms with Crippen molar-refractivity contribution in [1.29, 1.82) is 0 Å². The molecule has 0 saturated heterocycles. The van der Waals surface area contributed by atoms with Crippen LogP contribution in [0.4, 0.5) is 0 Å². The number of nitrogens with zero attached hydrogens (tertiary/aromatic N) is 2. The fourth-order valence-electron chi connectivity index (χ4n) is 2.40. The largest absolute Gasteiger partial charge is 0.395 e. The monoisotopic (exact) mass is 292 g/mol. The average Bonchev–Trinajstić information content (AvgIpc) is 2.93. The number of fused-ring (bicyclic) bond motifs is 1. The second-order valence-corrected chi connectivity index (χ2v) is 4.91. The Morgan fingerprint density at radius 1 is 1.09 bits per heavy atom. The number of aromatic nitrogens is 2. The maximum Gasteiger partial charge on any atom is 0.221 e. The SMILES string of the molecule is O=C(C=Cc1ccccc1)c1nc2ccccc2n1CCO. The molecule has 0 unspecified atom stereocenters. The van der Waals surface area contributed by atoms with Crippen LogP contribution in [0, 0.1) is 0 Å². The van der Waals surface area contributed by atoms with Crippen LogP contribution in [0.1, 0.15) is 16.2 Å². The van der Waals surface area contributed by atoms with Gasteiger partial charge in [0.05, 0.1) is 17.6 Å². The van der Waals surface area contributed by atoms with Gasteiger partial charge in [0.25, 0.3) is 0 Å². The van der Waals surface area contributed by atoms with Gasteiger partial charge in [0.15, 0.2) is 5.82 Å². The molecule has 4 heteroatoms. The van der Waals surface area contributed by atoms with Crippen LogP contribution in [0.15, 0.2) is 60.7 Å². The number of carbonyl (C=O) groups excluding carboxylic acids is 1. The third kappa shape index (κ3) is 2.82. The summed E-state index contributed by atoms with van der Waals surface area (Å²) < 4.78 is 1.76. The maximum absolute atomic E-state index is 12.4. The average molecular weight is 292 g/mol. The highest BCUT2D eigenvalue weighted by molar-refractivity contribution is 6.06. The van der Waals surface area contributed by atoms with E-state index in [4.69, 9.17) is 0 Å². The van der Waals surface area contributed by atoms with Crippen molar-refractivity contribution >= 4 is 22.9 Å². The van der Waals surface area contributed by atoms with Crippen LogP contribution >= 0.6 is 0 Å². The molecule has 0 saturated carbocycles. The molecular weight excluding hydrogens is 276 g/mol. The van der Waals surface area contributed by atoms with E-state index in [0.717, 1.165) is 16.6 Å². The Hall–Kier alpha value is -2.72. The van der Waals surface area contributed by atoms with Gasteiger partial charge in [-0.05, 0) is 23.8 Å². The molecule has 0 radical (unpaired) electrons. The van der Waals surface area contributed by atoms with E-state index in [-0.39, 0.29) is 12.4 Å². The van der Waals surface area contributed by atoms with E-state index >= 15 is 0 Å². The first kappa shape index (κ1) is 14.2. The minimum absolute atomic E-state index is 0.0387. The molecule has 0 aliphatic rings. The van der Waals surface area contributed by atoms with Crippen LogP contribution < -0.4 is 0 Å². The minimum atomic E-state index is -0.173. The molecule has 3 aromatic rings. The zero-order valence-corrected chi connectivity index (χ0v) is 12.0. The van der Waals surface area contributed by atoms with Gasteiger partial charge in [-0.15, -0.1) is 0 Å². The highest BCUT2D eigenvalue weighted by Gasteiger charge is 2.14. The van der Waals surface area contributed by atoms with E-state index < -0.39 is 0 Å². The standard InChI is InChI=1S/C18H16N2O2/c21-13-12-20-16-9-5-4-8-15(16)19-18(20)17(22)11-10-14-6-2-1-3-7-14/h1-11,21H,12-13H2. The Morgan fingerprint density at radius 2 is 1.82 bits per heavy atom. The molecule has 0 bridgehead atoms. The number of allylic oxidation sites excluding steroid dienone is 1. The third-order valence-corrected chi connectivity index (χ3v) is 3.43. The molecule has 0 spiro atoms. The summed E-state index contributed by atoms with van der Waals surface area (Å²) in [5.74, 6) is 0.177. The van der Waals surface area contributed by atoms with Gasteiger partial charge in [-0.1, -0.05) is 48.5 Å². The van der Waals surface area contributed by atoms with Crippen LogP contribution in [0.5, 0.6) is 0 Å². The van der Waals surface area contributed by atoms with E-state index in [1.807, 2.05) is 54.6 Å². The molecule has 0 amide bonds. The summed E-state index contributed by atoms with van der Waals surface area (Å²) >= 11 is 0. The number of rotatable bonds is 5. The lowest BCUT2D eigenvalue weighted by atomic mass is 10.2. The van der Waals surface area contributed by atoms with E-state index in [1.165, 1.54) is 6.08 Å². The molecule has 22 heavy (non-hydrogen) atoms. The second-order valence-electron chi connectivity index (χ2n) is 4.91. The van der Waals surface area contributed by atoms with Crippen molar-refractivity contribution < 1.29 is 9.90 Å². The van der Waals surface area contributed by atoms with E-state index in [2.05, 4.69) is 4.98 Å². The number of aliphatic hydroxyl groups excluding tert-OH is 1. The lowest BCUT2D eigenvalue weighted by Gasteiger charge is -2.04. The predicted octanol–water partition coefficient (Wildman–Crippen LogP) is 2.92. The Bertz CT molecular complexity index is 819. The number of carbonyl (C=O) groups is 1. The predicted molar refractivity (Wildman–Crippen MR) is 86.6 cm³/mol. The second kappa shape index (κ2) is 6.37. The molecule has 2 aromatic carbocycles. The number of ketones is 1. The maximum atomic E-state index is 12.4.